The number of pyridine rings is 1. The Morgan fingerprint density at radius 3 is 2.33 bits per heavy atom. The SMILES string of the molecule is O=S(=O)(Cl)c1c(I)cnc(C(F)F)c1I. The van der Waals surface area contributed by atoms with Gasteiger partial charge >= 0.3 is 0 Å². The molecule has 0 saturated carbocycles. The minimum atomic E-state index is -4.04. The monoisotopic (exact) mass is 479 g/mol. The highest BCUT2D eigenvalue weighted by atomic mass is 127. The molecule has 0 saturated heterocycles. The zero-order chi connectivity index (χ0) is 11.8. The van der Waals surface area contributed by atoms with Gasteiger partial charge in [0.05, 0.1) is 7.14 Å². The molecule has 0 unspecified atom stereocenters. The Kier molecular flexibility index (Phi) is 4.52. The van der Waals surface area contributed by atoms with Gasteiger partial charge < -0.3 is 0 Å². The molecule has 1 aromatic heterocycles. The Morgan fingerprint density at radius 1 is 1.40 bits per heavy atom. The van der Waals surface area contributed by atoms with Crippen LogP contribution in [0.2, 0.25) is 0 Å². The summed E-state index contributed by atoms with van der Waals surface area (Å²) in [5, 5.41) is 0. The molecule has 0 fully saturated rings. The average Bonchev–Trinajstić information content (AvgIpc) is 2.00. The molecule has 0 atom stereocenters. The van der Waals surface area contributed by atoms with Crippen molar-refractivity contribution in [3.8, 4) is 0 Å². The summed E-state index contributed by atoms with van der Waals surface area (Å²) < 4.78 is 47.2. The van der Waals surface area contributed by atoms with Gasteiger partial charge in [-0.15, -0.1) is 0 Å². The number of halogens is 5. The largest absolute Gasteiger partial charge is 0.281 e. The minimum absolute atomic E-state index is 0.135. The second-order valence-electron chi connectivity index (χ2n) is 2.37. The molecule has 0 aliphatic rings. The Morgan fingerprint density at radius 2 is 1.93 bits per heavy atom. The summed E-state index contributed by atoms with van der Waals surface area (Å²) in [6.07, 6.45) is -1.77. The van der Waals surface area contributed by atoms with Gasteiger partial charge in [-0.1, -0.05) is 0 Å². The van der Waals surface area contributed by atoms with Crippen molar-refractivity contribution in [2.75, 3.05) is 0 Å². The van der Waals surface area contributed by atoms with Gasteiger partial charge in [-0.2, -0.15) is 0 Å². The summed E-state index contributed by atoms with van der Waals surface area (Å²) in [5.41, 5.74) is -0.574. The molecule has 1 aromatic rings. The van der Waals surface area contributed by atoms with Gasteiger partial charge in [0.25, 0.3) is 15.5 Å². The van der Waals surface area contributed by atoms with Crippen molar-refractivity contribution in [3.05, 3.63) is 19.0 Å². The molecule has 84 valence electrons. The van der Waals surface area contributed by atoms with E-state index in [9.17, 15) is 17.2 Å². The van der Waals surface area contributed by atoms with Crippen LogP contribution in [0.15, 0.2) is 11.1 Å². The van der Waals surface area contributed by atoms with Crippen LogP contribution >= 0.6 is 55.9 Å². The lowest BCUT2D eigenvalue weighted by atomic mass is 10.4. The zero-order valence-corrected chi connectivity index (χ0v) is 12.6. The van der Waals surface area contributed by atoms with E-state index in [1.165, 1.54) is 22.6 Å². The fourth-order valence-electron chi connectivity index (χ4n) is 0.838. The lowest BCUT2D eigenvalue weighted by Gasteiger charge is -2.07. The van der Waals surface area contributed by atoms with Gasteiger partial charge in [0, 0.05) is 16.9 Å². The number of rotatable bonds is 2. The van der Waals surface area contributed by atoms with Gasteiger partial charge in [-0.3, -0.25) is 4.98 Å². The van der Waals surface area contributed by atoms with Gasteiger partial charge in [0.1, 0.15) is 10.6 Å². The molecule has 3 nitrogen and oxygen atoms in total. The maximum Gasteiger partial charge on any atom is 0.281 e. The van der Waals surface area contributed by atoms with Crippen molar-refractivity contribution >= 4 is 64.9 Å². The van der Waals surface area contributed by atoms with Crippen LogP contribution in [-0.2, 0) is 9.05 Å². The molecule has 1 rings (SSSR count). The molecule has 0 aromatic carbocycles. The first kappa shape index (κ1) is 13.8. The number of aromatic nitrogens is 1. The maximum absolute atomic E-state index is 12.4. The van der Waals surface area contributed by atoms with Crippen molar-refractivity contribution in [1.82, 2.24) is 4.98 Å². The first-order valence-corrected chi connectivity index (χ1v) is 7.78. The second kappa shape index (κ2) is 4.92. The normalized spacial score (nSPS) is 12.1. The zero-order valence-electron chi connectivity index (χ0n) is 6.72. The first-order valence-electron chi connectivity index (χ1n) is 3.32. The third-order valence-corrected chi connectivity index (χ3v) is 5.43. The van der Waals surface area contributed by atoms with Gasteiger partial charge in [0.15, 0.2) is 0 Å². The number of alkyl halides is 2. The Balaban J connectivity index is 3.59. The van der Waals surface area contributed by atoms with E-state index >= 15 is 0 Å². The Hall–Kier alpha value is 0.710. The van der Waals surface area contributed by atoms with Crippen molar-refractivity contribution in [3.63, 3.8) is 0 Å². The number of hydrogen-bond donors (Lipinski definition) is 0. The highest BCUT2D eigenvalue weighted by Gasteiger charge is 2.25. The molecular formula is C6H2ClF2I2NO2S. The lowest BCUT2D eigenvalue weighted by molar-refractivity contribution is 0.144. The van der Waals surface area contributed by atoms with E-state index in [1.54, 1.807) is 22.6 Å². The topological polar surface area (TPSA) is 47.0 Å². The van der Waals surface area contributed by atoms with Gasteiger partial charge in [-0.05, 0) is 45.2 Å². The van der Waals surface area contributed by atoms with E-state index in [4.69, 9.17) is 10.7 Å². The average molecular weight is 479 g/mol. The second-order valence-corrected chi connectivity index (χ2v) is 7.12. The molecule has 9 heteroatoms. The van der Waals surface area contributed by atoms with E-state index in [1.807, 2.05) is 0 Å². The first-order chi connectivity index (χ1) is 6.75. The number of nitrogens with zero attached hydrogens (tertiary/aromatic N) is 1. The predicted molar refractivity (Wildman–Crippen MR) is 67.7 cm³/mol. The summed E-state index contributed by atoms with van der Waals surface area (Å²) in [6.45, 7) is 0. The summed E-state index contributed by atoms with van der Waals surface area (Å²) in [4.78, 5) is 3.15. The highest BCUT2D eigenvalue weighted by molar-refractivity contribution is 14.1. The fourth-order valence-corrected chi connectivity index (χ4v) is 6.03. The van der Waals surface area contributed by atoms with Crippen LogP contribution in [0, 0.1) is 7.14 Å². The van der Waals surface area contributed by atoms with Gasteiger partial charge in [-0.25, -0.2) is 17.2 Å². The molecule has 0 aliphatic carbocycles. The third-order valence-electron chi connectivity index (χ3n) is 1.41. The fraction of sp³-hybridized carbons (Fsp3) is 0.167. The van der Waals surface area contributed by atoms with E-state index in [0.717, 1.165) is 6.20 Å². The predicted octanol–water partition coefficient (Wildman–Crippen LogP) is 3.16. The van der Waals surface area contributed by atoms with Crippen molar-refractivity contribution in [2.45, 2.75) is 11.3 Å². The van der Waals surface area contributed by atoms with E-state index in [0.29, 0.717) is 0 Å². The standard InChI is InChI=1S/C6H2ClF2I2NO2S/c7-15(13,14)5-2(10)1-12-4(3(5)11)6(8)9/h1,6H. The van der Waals surface area contributed by atoms with Crippen molar-refractivity contribution in [2.24, 2.45) is 0 Å². The molecule has 15 heavy (non-hydrogen) atoms. The lowest BCUT2D eigenvalue weighted by Crippen LogP contribution is -2.05. The van der Waals surface area contributed by atoms with E-state index in [-0.39, 0.29) is 12.0 Å². The molecule has 0 aliphatic heterocycles. The summed E-state index contributed by atoms with van der Waals surface area (Å²) in [6, 6.07) is 0. The van der Waals surface area contributed by atoms with Crippen LogP contribution in [-0.4, -0.2) is 13.4 Å². The summed E-state index contributed by atoms with van der Waals surface area (Å²) in [7, 11) is 1.10. The highest BCUT2D eigenvalue weighted by Crippen LogP contribution is 2.32. The molecule has 0 N–H and O–H groups in total. The van der Waals surface area contributed by atoms with E-state index in [2.05, 4.69) is 4.98 Å². The quantitative estimate of drug-likeness (QED) is 0.484. The van der Waals surface area contributed by atoms with Crippen LogP contribution < -0.4 is 0 Å². The van der Waals surface area contributed by atoms with Crippen LogP contribution in [0.4, 0.5) is 8.78 Å². The molecule has 0 bridgehead atoms. The van der Waals surface area contributed by atoms with Crippen LogP contribution in [0.1, 0.15) is 12.1 Å². The smallest absolute Gasteiger partial charge is 0.253 e. The third kappa shape index (κ3) is 3.09. The molecule has 0 spiro atoms. The van der Waals surface area contributed by atoms with Crippen LogP contribution in [0.3, 0.4) is 0 Å². The maximum atomic E-state index is 12.4. The van der Waals surface area contributed by atoms with Crippen molar-refractivity contribution in [1.29, 1.82) is 0 Å². The van der Waals surface area contributed by atoms with Gasteiger partial charge in [0.2, 0.25) is 0 Å². The summed E-state index contributed by atoms with van der Waals surface area (Å²) in [5.74, 6) is 0. The molecular weight excluding hydrogens is 477 g/mol. The van der Waals surface area contributed by atoms with Crippen molar-refractivity contribution < 1.29 is 17.2 Å². The Labute approximate surface area is 116 Å². The molecule has 0 radical (unpaired) electrons. The Bertz CT molecular complexity index is 494. The molecule has 0 amide bonds. The van der Waals surface area contributed by atoms with Crippen LogP contribution in [0.25, 0.3) is 0 Å². The minimum Gasteiger partial charge on any atom is -0.253 e. The number of hydrogen-bond acceptors (Lipinski definition) is 3. The summed E-state index contributed by atoms with van der Waals surface area (Å²) >= 11 is 3.17. The van der Waals surface area contributed by atoms with E-state index < -0.39 is 21.2 Å². The van der Waals surface area contributed by atoms with Crippen LogP contribution in [0.5, 0.6) is 0 Å². The molecule has 1 heterocycles.